The van der Waals surface area contributed by atoms with Crippen molar-refractivity contribution in [2.45, 2.75) is 20.5 Å². The third-order valence-electron chi connectivity index (χ3n) is 3.85. The number of carbonyl (C=O) groups is 1. The maximum Gasteiger partial charge on any atom is 0.332 e. The van der Waals surface area contributed by atoms with Crippen LogP contribution in [0, 0.1) is 0 Å². The number of aromatic nitrogens is 1. The van der Waals surface area contributed by atoms with E-state index in [9.17, 15) is 14.2 Å². The van der Waals surface area contributed by atoms with Crippen molar-refractivity contribution in [3.63, 3.8) is 0 Å². The van der Waals surface area contributed by atoms with Gasteiger partial charge in [-0.1, -0.05) is 30.3 Å². The molecule has 1 aromatic carbocycles. The number of nitrogen functional groups attached to an aromatic ring is 1. The van der Waals surface area contributed by atoms with Gasteiger partial charge in [-0.15, -0.1) is 0 Å². The lowest BCUT2D eigenvalue weighted by Gasteiger charge is -2.18. The van der Waals surface area contributed by atoms with Crippen molar-refractivity contribution in [2.24, 2.45) is 0 Å². The standard InChI is InChI=1S/C19H26N3O6P/c1-3-27-29(25,28-4-2)13-11-21-19(24)17-18(16(23)10-12-22(17)20)26-14-15-8-6-5-7-9-15/h5-10,12H,3-4,11,13-14,20H2,1-2H3,(H,21,24). The average molecular weight is 423 g/mol. The number of amides is 1. The van der Waals surface area contributed by atoms with E-state index in [1.54, 1.807) is 13.8 Å². The van der Waals surface area contributed by atoms with Crippen molar-refractivity contribution in [1.82, 2.24) is 9.99 Å². The molecule has 1 amide bonds. The minimum atomic E-state index is -3.30. The summed E-state index contributed by atoms with van der Waals surface area (Å²) in [6.45, 7) is 3.98. The second-order valence-corrected chi connectivity index (χ2v) is 8.15. The molecule has 1 aromatic heterocycles. The summed E-state index contributed by atoms with van der Waals surface area (Å²) in [6, 6.07) is 10.4. The van der Waals surface area contributed by atoms with Crippen LogP contribution in [0.1, 0.15) is 29.9 Å². The van der Waals surface area contributed by atoms with Gasteiger partial charge in [0.1, 0.15) is 6.61 Å². The Balaban J connectivity index is 2.12. The molecule has 0 aliphatic rings. The Morgan fingerprint density at radius 2 is 1.79 bits per heavy atom. The van der Waals surface area contributed by atoms with E-state index in [1.165, 1.54) is 12.3 Å². The molecule has 2 aromatic rings. The molecular weight excluding hydrogens is 397 g/mol. The van der Waals surface area contributed by atoms with Crippen LogP contribution in [0.5, 0.6) is 5.75 Å². The summed E-state index contributed by atoms with van der Waals surface area (Å²) in [5.74, 6) is 5.06. The molecule has 2 rings (SSSR count). The van der Waals surface area contributed by atoms with Gasteiger partial charge in [-0.2, -0.15) is 0 Å². The molecule has 0 saturated heterocycles. The highest BCUT2D eigenvalue weighted by Gasteiger charge is 2.25. The lowest BCUT2D eigenvalue weighted by atomic mass is 10.2. The summed E-state index contributed by atoms with van der Waals surface area (Å²) in [7, 11) is -3.30. The monoisotopic (exact) mass is 423 g/mol. The maximum atomic E-state index is 12.6. The van der Waals surface area contributed by atoms with Crippen molar-refractivity contribution in [2.75, 3.05) is 31.8 Å². The van der Waals surface area contributed by atoms with Crippen LogP contribution in [-0.2, 0) is 20.2 Å². The first-order valence-electron chi connectivity index (χ1n) is 9.24. The van der Waals surface area contributed by atoms with Gasteiger partial charge in [-0.05, 0) is 19.4 Å². The van der Waals surface area contributed by atoms with E-state index in [4.69, 9.17) is 19.6 Å². The molecule has 0 bridgehead atoms. The van der Waals surface area contributed by atoms with E-state index in [-0.39, 0.29) is 44.0 Å². The van der Waals surface area contributed by atoms with Gasteiger partial charge in [0.25, 0.3) is 5.91 Å². The molecule has 0 spiro atoms. The number of benzene rings is 1. The zero-order valence-corrected chi connectivity index (χ0v) is 17.4. The smallest absolute Gasteiger partial charge is 0.332 e. The third kappa shape index (κ3) is 6.45. The Hall–Kier alpha value is -2.61. The lowest BCUT2D eigenvalue weighted by Crippen LogP contribution is -2.34. The summed E-state index contributed by atoms with van der Waals surface area (Å²) >= 11 is 0. The highest BCUT2D eigenvalue weighted by atomic mass is 31.2. The minimum absolute atomic E-state index is 0.0112. The van der Waals surface area contributed by atoms with Gasteiger partial charge in [0.15, 0.2) is 11.4 Å². The number of nitrogens with two attached hydrogens (primary N) is 1. The second-order valence-electron chi connectivity index (χ2n) is 5.97. The Labute approximate surface area is 169 Å². The maximum absolute atomic E-state index is 12.6. The summed E-state index contributed by atoms with van der Waals surface area (Å²) in [5, 5.41) is 2.59. The quantitative estimate of drug-likeness (QED) is 0.419. The second kappa shape index (κ2) is 10.8. The zero-order chi connectivity index (χ0) is 21.3. The normalized spacial score (nSPS) is 11.2. The SMILES string of the molecule is CCOP(=O)(CCNC(=O)c1c(OCc2ccccc2)c(=O)ccn1N)OCC. The van der Waals surface area contributed by atoms with Gasteiger partial charge in [-0.3, -0.25) is 18.8 Å². The molecule has 0 saturated carbocycles. The Morgan fingerprint density at radius 1 is 1.14 bits per heavy atom. The Kier molecular flexibility index (Phi) is 8.45. The molecule has 3 N–H and O–H groups in total. The van der Waals surface area contributed by atoms with E-state index in [2.05, 4.69) is 5.32 Å². The average Bonchev–Trinajstić information content (AvgIpc) is 2.69. The van der Waals surface area contributed by atoms with Crippen molar-refractivity contribution < 1.29 is 23.1 Å². The summed E-state index contributed by atoms with van der Waals surface area (Å²) < 4.78 is 29.5. The number of ether oxygens (including phenoxy) is 1. The number of nitrogens with zero attached hydrogens (tertiary/aromatic N) is 1. The first-order valence-corrected chi connectivity index (χ1v) is 11.0. The van der Waals surface area contributed by atoms with Crippen LogP contribution >= 0.6 is 7.60 Å². The lowest BCUT2D eigenvalue weighted by molar-refractivity contribution is 0.0941. The number of hydrogen-bond donors (Lipinski definition) is 2. The number of pyridine rings is 1. The number of hydrogen-bond acceptors (Lipinski definition) is 7. The molecule has 29 heavy (non-hydrogen) atoms. The number of rotatable bonds is 11. The van der Waals surface area contributed by atoms with Crippen LogP contribution in [0.25, 0.3) is 0 Å². The van der Waals surface area contributed by atoms with Crippen molar-refractivity contribution in [1.29, 1.82) is 0 Å². The first-order chi connectivity index (χ1) is 13.9. The molecule has 1 heterocycles. The van der Waals surface area contributed by atoms with E-state index >= 15 is 0 Å². The van der Waals surface area contributed by atoms with Crippen LogP contribution < -0.4 is 21.3 Å². The fraction of sp³-hybridized carbons (Fsp3) is 0.368. The van der Waals surface area contributed by atoms with E-state index in [1.807, 2.05) is 30.3 Å². The molecule has 0 aliphatic heterocycles. The van der Waals surface area contributed by atoms with Crippen LogP contribution in [0.15, 0.2) is 47.4 Å². The highest BCUT2D eigenvalue weighted by Crippen LogP contribution is 2.47. The summed E-state index contributed by atoms with van der Waals surface area (Å²) in [5.41, 5.74) is 0.234. The van der Waals surface area contributed by atoms with Crippen molar-refractivity contribution in [3.05, 3.63) is 64.1 Å². The fourth-order valence-electron chi connectivity index (χ4n) is 2.57. The number of nitrogens with one attached hydrogen (secondary N) is 1. The van der Waals surface area contributed by atoms with Gasteiger partial charge in [0, 0.05) is 18.8 Å². The topological polar surface area (TPSA) is 122 Å². The summed E-state index contributed by atoms with van der Waals surface area (Å²) in [4.78, 5) is 24.9. The largest absolute Gasteiger partial charge is 0.482 e. The van der Waals surface area contributed by atoms with Gasteiger partial charge in [-0.25, -0.2) is 0 Å². The summed E-state index contributed by atoms with van der Waals surface area (Å²) in [6.07, 6.45) is 1.26. The van der Waals surface area contributed by atoms with Crippen LogP contribution in [0.2, 0.25) is 0 Å². The molecule has 158 valence electrons. The van der Waals surface area contributed by atoms with Crippen LogP contribution in [-0.4, -0.2) is 36.5 Å². The predicted molar refractivity (Wildman–Crippen MR) is 110 cm³/mol. The molecule has 9 nitrogen and oxygen atoms in total. The van der Waals surface area contributed by atoms with Gasteiger partial charge in [0.2, 0.25) is 5.43 Å². The van der Waals surface area contributed by atoms with Gasteiger partial charge in [0.05, 0.1) is 19.4 Å². The zero-order valence-electron chi connectivity index (χ0n) is 16.5. The third-order valence-corrected chi connectivity index (χ3v) is 5.92. The van der Waals surface area contributed by atoms with Crippen LogP contribution in [0.4, 0.5) is 0 Å². The predicted octanol–water partition coefficient (Wildman–Crippen LogP) is 2.14. The van der Waals surface area contributed by atoms with Crippen molar-refractivity contribution in [3.8, 4) is 5.75 Å². The van der Waals surface area contributed by atoms with E-state index in [0.717, 1.165) is 10.2 Å². The molecule has 0 fully saturated rings. The molecule has 10 heteroatoms. The fourth-order valence-corrected chi connectivity index (χ4v) is 4.08. The number of carbonyl (C=O) groups excluding carboxylic acids is 1. The minimum Gasteiger partial charge on any atom is -0.482 e. The van der Waals surface area contributed by atoms with Crippen molar-refractivity contribution >= 4 is 13.5 Å². The van der Waals surface area contributed by atoms with Gasteiger partial charge >= 0.3 is 7.60 Å². The highest BCUT2D eigenvalue weighted by molar-refractivity contribution is 7.53. The molecular formula is C19H26N3O6P. The van der Waals surface area contributed by atoms with E-state index in [0.29, 0.717) is 0 Å². The molecule has 0 aliphatic carbocycles. The Bertz CT molecular complexity index is 906. The first kappa shape index (κ1) is 22.7. The molecule has 0 unspecified atom stereocenters. The van der Waals surface area contributed by atoms with Gasteiger partial charge < -0.3 is 24.9 Å². The molecule has 0 atom stereocenters. The van der Waals surface area contributed by atoms with Crippen LogP contribution in [0.3, 0.4) is 0 Å². The van der Waals surface area contributed by atoms with E-state index < -0.39 is 18.9 Å². The molecule has 0 radical (unpaired) electrons. The Morgan fingerprint density at radius 3 is 2.41 bits per heavy atom.